The van der Waals surface area contributed by atoms with E-state index in [1.165, 1.54) is 23.9 Å². The SMILES string of the molecule is Cc1noc(C)c1CSCC(=O)Nc1cccc(Cl)c1F. The van der Waals surface area contributed by atoms with Gasteiger partial charge in [-0.25, -0.2) is 4.39 Å². The van der Waals surface area contributed by atoms with Crippen molar-refractivity contribution in [3.63, 3.8) is 0 Å². The molecule has 0 atom stereocenters. The molecular weight excluding hydrogens is 315 g/mol. The van der Waals surface area contributed by atoms with Crippen LogP contribution in [0.25, 0.3) is 0 Å². The highest BCUT2D eigenvalue weighted by atomic mass is 35.5. The number of hydrogen-bond acceptors (Lipinski definition) is 4. The predicted octanol–water partition coefficient (Wildman–Crippen LogP) is 3.96. The molecule has 4 nitrogen and oxygen atoms in total. The molecule has 0 fully saturated rings. The highest BCUT2D eigenvalue weighted by Gasteiger charge is 2.12. The summed E-state index contributed by atoms with van der Waals surface area (Å²) in [4.78, 5) is 11.8. The van der Waals surface area contributed by atoms with Gasteiger partial charge in [0.05, 0.1) is 22.2 Å². The summed E-state index contributed by atoms with van der Waals surface area (Å²) < 4.78 is 18.7. The topological polar surface area (TPSA) is 55.1 Å². The standard InChI is InChI=1S/C14H14ClFN2O2S/c1-8-10(9(2)20-18-8)6-21-7-13(19)17-12-5-3-4-11(15)14(12)16/h3-5H,6-7H2,1-2H3,(H,17,19). The molecule has 0 saturated heterocycles. The monoisotopic (exact) mass is 328 g/mol. The lowest BCUT2D eigenvalue weighted by molar-refractivity contribution is -0.113. The van der Waals surface area contributed by atoms with E-state index in [4.69, 9.17) is 16.1 Å². The molecule has 0 bridgehead atoms. The van der Waals surface area contributed by atoms with Crippen molar-refractivity contribution in [3.05, 3.63) is 46.1 Å². The maximum atomic E-state index is 13.6. The molecule has 0 spiro atoms. The maximum absolute atomic E-state index is 13.6. The molecule has 1 amide bonds. The molecule has 1 aromatic heterocycles. The van der Waals surface area contributed by atoms with Crippen molar-refractivity contribution < 1.29 is 13.7 Å². The zero-order valence-electron chi connectivity index (χ0n) is 11.6. The molecule has 0 unspecified atom stereocenters. The lowest BCUT2D eigenvalue weighted by Crippen LogP contribution is -2.15. The molecule has 0 aliphatic carbocycles. The molecule has 0 radical (unpaired) electrons. The molecule has 1 N–H and O–H groups in total. The zero-order valence-corrected chi connectivity index (χ0v) is 13.1. The van der Waals surface area contributed by atoms with Crippen molar-refractivity contribution in [3.8, 4) is 0 Å². The minimum Gasteiger partial charge on any atom is -0.361 e. The van der Waals surface area contributed by atoms with Crippen LogP contribution in [0.2, 0.25) is 5.02 Å². The maximum Gasteiger partial charge on any atom is 0.234 e. The molecule has 0 aliphatic heterocycles. The normalized spacial score (nSPS) is 10.7. The Morgan fingerprint density at radius 1 is 1.48 bits per heavy atom. The Kier molecular flexibility index (Phi) is 5.25. The summed E-state index contributed by atoms with van der Waals surface area (Å²) in [7, 11) is 0. The minimum atomic E-state index is -0.622. The number of hydrogen-bond donors (Lipinski definition) is 1. The first kappa shape index (κ1) is 15.9. The summed E-state index contributed by atoms with van der Waals surface area (Å²) in [5.41, 5.74) is 1.90. The number of anilines is 1. The fraction of sp³-hybridized carbons (Fsp3) is 0.286. The van der Waals surface area contributed by atoms with Gasteiger partial charge >= 0.3 is 0 Å². The number of carbonyl (C=O) groups is 1. The number of nitrogens with one attached hydrogen (secondary N) is 1. The van der Waals surface area contributed by atoms with Crippen molar-refractivity contribution in [1.29, 1.82) is 0 Å². The van der Waals surface area contributed by atoms with Crippen molar-refractivity contribution in [2.24, 2.45) is 0 Å². The number of nitrogens with zero attached hydrogens (tertiary/aromatic N) is 1. The van der Waals surface area contributed by atoms with Gasteiger partial charge in [0.15, 0.2) is 5.82 Å². The Labute approximate surface area is 131 Å². The van der Waals surface area contributed by atoms with Gasteiger partial charge < -0.3 is 9.84 Å². The smallest absolute Gasteiger partial charge is 0.234 e. The van der Waals surface area contributed by atoms with Crippen LogP contribution < -0.4 is 5.32 Å². The summed E-state index contributed by atoms with van der Waals surface area (Å²) in [6, 6.07) is 4.48. The van der Waals surface area contributed by atoms with E-state index in [1.54, 1.807) is 6.07 Å². The van der Waals surface area contributed by atoms with Crippen LogP contribution in [-0.4, -0.2) is 16.8 Å². The Morgan fingerprint density at radius 3 is 2.90 bits per heavy atom. The van der Waals surface area contributed by atoms with Crippen LogP contribution in [0.4, 0.5) is 10.1 Å². The van der Waals surface area contributed by atoms with Gasteiger partial charge in [-0.1, -0.05) is 22.8 Å². The number of amides is 1. The second-order valence-electron chi connectivity index (χ2n) is 4.45. The molecule has 21 heavy (non-hydrogen) atoms. The molecule has 0 saturated carbocycles. The Morgan fingerprint density at radius 2 is 2.24 bits per heavy atom. The predicted molar refractivity (Wildman–Crippen MR) is 82.2 cm³/mol. The van der Waals surface area contributed by atoms with Crippen LogP contribution in [0.5, 0.6) is 0 Å². The van der Waals surface area contributed by atoms with Crippen LogP contribution in [0.3, 0.4) is 0 Å². The van der Waals surface area contributed by atoms with Gasteiger partial charge in [-0.15, -0.1) is 11.8 Å². The molecular formula is C14H14ClFN2O2S. The van der Waals surface area contributed by atoms with E-state index in [2.05, 4.69) is 10.5 Å². The summed E-state index contributed by atoms with van der Waals surface area (Å²) >= 11 is 7.06. The van der Waals surface area contributed by atoms with E-state index in [0.717, 1.165) is 17.0 Å². The van der Waals surface area contributed by atoms with Crippen molar-refractivity contribution >= 4 is 35.0 Å². The Balaban J connectivity index is 1.87. The first-order valence-electron chi connectivity index (χ1n) is 6.22. The first-order chi connectivity index (χ1) is 9.99. The van der Waals surface area contributed by atoms with Gasteiger partial charge in [-0.3, -0.25) is 4.79 Å². The molecule has 7 heteroatoms. The number of benzene rings is 1. The van der Waals surface area contributed by atoms with Gasteiger partial charge in [-0.2, -0.15) is 0 Å². The number of aromatic nitrogens is 1. The zero-order chi connectivity index (χ0) is 15.4. The first-order valence-corrected chi connectivity index (χ1v) is 7.75. The number of carbonyl (C=O) groups excluding carboxylic acids is 1. The summed E-state index contributed by atoms with van der Waals surface area (Å²) in [6.07, 6.45) is 0. The average molecular weight is 329 g/mol. The van der Waals surface area contributed by atoms with Crippen molar-refractivity contribution in [2.45, 2.75) is 19.6 Å². The summed E-state index contributed by atoms with van der Waals surface area (Å²) in [5.74, 6) is 0.667. The Hall–Kier alpha value is -1.53. The lowest BCUT2D eigenvalue weighted by atomic mass is 10.2. The highest BCUT2D eigenvalue weighted by Crippen LogP contribution is 2.23. The molecule has 1 aromatic carbocycles. The number of halogens is 2. The van der Waals surface area contributed by atoms with E-state index in [9.17, 15) is 9.18 Å². The van der Waals surface area contributed by atoms with Crippen LogP contribution in [0, 0.1) is 19.7 Å². The van der Waals surface area contributed by atoms with Crippen LogP contribution in [0.1, 0.15) is 17.0 Å². The van der Waals surface area contributed by atoms with Crippen molar-refractivity contribution in [1.82, 2.24) is 5.16 Å². The third-order valence-electron chi connectivity index (χ3n) is 2.89. The highest BCUT2D eigenvalue weighted by molar-refractivity contribution is 7.99. The minimum absolute atomic E-state index is 0.0174. The third kappa shape index (κ3) is 3.98. The number of aryl methyl sites for hydroxylation is 2. The van der Waals surface area contributed by atoms with Gasteiger partial charge in [0, 0.05) is 11.3 Å². The van der Waals surface area contributed by atoms with E-state index in [0.29, 0.717) is 5.75 Å². The number of thioether (sulfide) groups is 1. The van der Waals surface area contributed by atoms with Crippen LogP contribution in [-0.2, 0) is 10.5 Å². The van der Waals surface area contributed by atoms with E-state index in [-0.39, 0.29) is 22.4 Å². The van der Waals surface area contributed by atoms with E-state index >= 15 is 0 Å². The second-order valence-corrected chi connectivity index (χ2v) is 5.84. The van der Waals surface area contributed by atoms with Crippen molar-refractivity contribution in [2.75, 3.05) is 11.1 Å². The lowest BCUT2D eigenvalue weighted by Gasteiger charge is -2.07. The molecule has 2 aromatic rings. The molecule has 1 heterocycles. The molecule has 2 rings (SSSR count). The van der Waals surface area contributed by atoms with Crippen LogP contribution in [0.15, 0.2) is 22.7 Å². The molecule has 0 aliphatic rings. The fourth-order valence-electron chi connectivity index (χ4n) is 1.74. The average Bonchev–Trinajstić information content (AvgIpc) is 2.75. The fourth-order valence-corrected chi connectivity index (χ4v) is 2.89. The van der Waals surface area contributed by atoms with Gasteiger partial charge in [0.2, 0.25) is 5.91 Å². The van der Waals surface area contributed by atoms with E-state index in [1.807, 2.05) is 13.8 Å². The second kappa shape index (κ2) is 6.95. The van der Waals surface area contributed by atoms with Gasteiger partial charge in [0.1, 0.15) is 5.76 Å². The van der Waals surface area contributed by atoms with E-state index < -0.39 is 5.82 Å². The third-order valence-corrected chi connectivity index (χ3v) is 4.14. The summed E-state index contributed by atoms with van der Waals surface area (Å²) in [5, 5.41) is 6.33. The molecule has 112 valence electrons. The van der Waals surface area contributed by atoms with Crippen LogP contribution >= 0.6 is 23.4 Å². The largest absolute Gasteiger partial charge is 0.361 e. The summed E-state index contributed by atoms with van der Waals surface area (Å²) in [6.45, 7) is 3.69. The number of rotatable bonds is 5. The van der Waals surface area contributed by atoms with Gasteiger partial charge in [-0.05, 0) is 26.0 Å². The Bertz CT molecular complexity index is 641. The quantitative estimate of drug-likeness (QED) is 0.902. The van der Waals surface area contributed by atoms with Gasteiger partial charge in [0.25, 0.3) is 0 Å².